The molecule has 3 aromatic rings. The van der Waals surface area contributed by atoms with Crippen LogP contribution in [0.5, 0.6) is 0 Å². The minimum Gasteiger partial charge on any atom is -0.383 e. The van der Waals surface area contributed by atoms with Gasteiger partial charge in [-0.3, -0.25) is 4.79 Å². The summed E-state index contributed by atoms with van der Waals surface area (Å²) in [5, 5.41) is 16.2. The Labute approximate surface area is 130 Å². The van der Waals surface area contributed by atoms with Gasteiger partial charge in [0, 0.05) is 9.58 Å². The van der Waals surface area contributed by atoms with Gasteiger partial charge in [-0.25, -0.2) is 0 Å². The Morgan fingerprint density at radius 1 is 1.29 bits per heavy atom. The number of thiophene rings is 2. The molecule has 0 aliphatic carbocycles. The van der Waals surface area contributed by atoms with Gasteiger partial charge >= 0.3 is 0 Å². The van der Waals surface area contributed by atoms with Crippen molar-refractivity contribution in [2.24, 2.45) is 0 Å². The zero-order chi connectivity index (χ0) is 14.9. The van der Waals surface area contributed by atoms with Gasteiger partial charge in [0.15, 0.2) is 0 Å². The van der Waals surface area contributed by atoms with E-state index in [0.717, 1.165) is 15.0 Å². The van der Waals surface area contributed by atoms with E-state index >= 15 is 0 Å². The Morgan fingerprint density at radius 3 is 2.81 bits per heavy atom. The highest BCUT2D eigenvalue weighted by atomic mass is 32.1. The Hall–Kier alpha value is -1.69. The average molecular weight is 317 g/mol. The summed E-state index contributed by atoms with van der Waals surface area (Å²) in [5.74, 6) is -0.145. The maximum atomic E-state index is 12.2. The fourth-order valence-corrected chi connectivity index (χ4v) is 3.87. The molecule has 0 aliphatic heterocycles. The molecule has 0 saturated carbocycles. The number of benzene rings is 1. The van der Waals surface area contributed by atoms with Crippen molar-refractivity contribution >= 4 is 38.7 Å². The van der Waals surface area contributed by atoms with Crippen LogP contribution in [0.4, 0.5) is 0 Å². The maximum Gasteiger partial charge on any atom is 0.261 e. The van der Waals surface area contributed by atoms with Crippen LogP contribution >= 0.6 is 22.7 Å². The van der Waals surface area contributed by atoms with Crippen molar-refractivity contribution in [2.45, 2.75) is 12.5 Å². The first-order valence-electron chi connectivity index (χ1n) is 6.59. The summed E-state index contributed by atoms with van der Waals surface area (Å²) in [6.45, 7) is 1.91. The average Bonchev–Trinajstić information content (AvgIpc) is 3.13. The summed E-state index contributed by atoms with van der Waals surface area (Å²) in [6, 6.07) is 13.6. The number of carbonyl (C=O) groups is 1. The number of nitrogens with one attached hydrogen (secondary N) is 1. The third-order valence-corrected chi connectivity index (χ3v) is 5.53. The number of rotatable bonds is 4. The van der Waals surface area contributed by atoms with Crippen LogP contribution in [0.3, 0.4) is 0 Å². The summed E-state index contributed by atoms with van der Waals surface area (Å²) >= 11 is 2.94. The van der Waals surface area contributed by atoms with Gasteiger partial charge in [-0.15, -0.1) is 22.7 Å². The molecule has 21 heavy (non-hydrogen) atoms. The third kappa shape index (κ3) is 3.00. The van der Waals surface area contributed by atoms with Crippen LogP contribution in [-0.4, -0.2) is 17.6 Å². The van der Waals surface area contributed by atoms with E-state index in [4.69, 9.17) is 0 Å². The molecule has 0 unspecified atom stereocenters. The second-order valence-electron chi connectivity index (χ2n) is 5.08. The number of fused-ring (bicyclic) bond motifs is 1. The van der Waals surface area contributed by atoms with Crippen molar-refractivity contribution in [1.82, 2.24) is 5.32 Å². The van der Waals surface area contributed by atoms with Gasteiger partial charge < -0.3 is 10.4 Å². The second-order valence-corrected chi connectivity index (χ2v) is 7.11. The van der Waals surface area contributed by atoms with Crippen LogP contribution in [-0.2, 0) is 5.60 Å². The Balaban J connectivity index is 1.72. The van der Waals surface area contributed by atoms with Gasteiger partial charge in [0.05, 0.1) is 11.4 Å². The van der Waals surface area contributed by atoms with Crippen molar-refractivity contribution < 1.29 is 9.90 Å². The normalized spacial score (nSPS) is 14.0. The Bertz CT molecular complexity index is 727. The molecule has 0 radical (unpaired) electrons. The standard InChI is InChI=1S/C16H15NO2S2/c1-16(19,14-7-4-8-20-14)10-17-15(18)13-9-11-5-2-3-6-12(11)21-13/h2-9,19H,10H2,1H3,(H,17,18)/t16-/m0/s1. The molecule has 1 aromatic carbocycles. The fourth-order valence-electron chi connectivity index (χ4n) is 2.11. The van der Waals surface area contributed by atoms with Crippen molar-refractivity contribution in [3.8, 4) is 0 Å². The highest BCUT2D eigenvalue weighted by Crippen LogP contribution is 2.26. The molecule has 3 nitrogen and oxygen atoms in total. The Morgan fingerprint density at radius 2 is 2.10 bits per heavy atom. The van der Waals surface area contributed by atoms with Gasteiger partial charge in [-0.05, 0) is 35.9 Å². The van der Waals surface area contributed by atoms with E-state index in [1.54, 1.807) is 6.92 Å². The smallest absolute Gasteiger partial charge is 0.261 e. The number of aliphatic hydroxyl groups is 1. The highest BCUT2D eigenvalue weighted by Gasteiger charge is 2.25. The third-order valence-electron chi connectivity index (χ3n) is 3.29. The predicted octanol–water partition coefficient (Wildman–Crippen LogP) is 3.60. The van der Waals surface area contributed by atoms with Crippen LogP contribution < -0.4 is 5.32 Å². The summed E-state index contributed by atoms with van der Waals surface area (Å²) in [7, 11) is 0. The van der Waals surface area contributed by atoms with E-state index in [9.17, 15) is 9.90 Å². The lowest BCUT2D eigenvalue weighted by molar-refractivity contribution is 0.0558. The lowest BCUT2D eigenvalue weighted by atomic mass is 10.1. The van der Waals surface area contributed by atoms with Gasteiger partial charge in [0.2, 0.25) is 0 Å². The maximum absolute atomic E-state index is 12.2. The van der Waals surface area contributed by atoms with E-state index in [0.29, 0.717) is 4.88 Å². The first-order valence-corrected chi connectivity index (χ1v) is 8.29. The quantitative estimate of drug-likeness (QED) is 0.772. The van der Waals surface area contributed by atoms with E-state index in [1.807, 2.05) is 47.8 Å². The first-order chi connectivity index (χ1) is 10.1. The molecule has 2 heterocycles. The Kier molecular flexibility index (Phi) is 3.80. The van der Waals surface area contributed by atoms with Crippen LogP contribution in [0.15, 0.2) is 47.8 Å². The van der Waals surface area contributed by atoms with E-state index in [2.05, 4.69) is 5.32 Å². The number of amides is 1. The summed E-state index contributed by atoms with van der Waals surface area (Å²) in [5.41, 5.74) is -1.04. The summed E-state index contributed by atoms with van der Waals surface area (Å²) < 4.78 is 1.09. The molecule has 108 valence electrons. The zero-order valence-electron chi connectivity index (χ0n) is 11.5. The molecule has 0 saturated heterocycles. The fraction of sp³-hybridized carbons (Fsp3) is 0.188. The molecule has 0 spiro atoms. The molecular formula is C16H15NO2S2. The highest BCUT2D eigenvalue weighted by molar-refractivity contribution is 7.20. The molecule has 5 heteroatoms. The lowest BCUT2D eigenvalue weighted by Crippen LogP contribution is -2.37. The molecule has 3 rings (SSSR count). The van der Waals surface area contributed by atoms with Crippen LogP contribution in [0.25, 0.3) is 10.1 Å². The van der Waals surface area contributed by atoms with Gasteiger partial charge in [0.25, 0.3) is 5.91 Å². The van der Waals surface area contributed by atoms with E-state index in [1.165, 1.54) is 22.7 Å². The number of hydrogen-bond donors (Lipinski definition) is 2. The lowest BCUT2D eigenvalue weighted by Gasteiger charge is -2.22. The van der Waals surface area contributed by atoms with E-state index in [-0.39, 0.29) is 12.5 Å². The van der Waals surface area contributed by atoms with Gasteiger partial charge in [-0.2, -0.15) is 0 Å². The van der Waals surface area contributed by atoms with Crippen molar-refractivity contribution in [3.63, 3.8) is 0 Å². The van der Waals surface area contributed by atoms with Gasteiger partial charge in [0.1, 0.15) is 5.60 Å². The first kappa shape index (κ1) is 14.3. The molecule has 0 fully saturated rings. The SMILES string of the molecule is C[C@](O)(CNC(=O)c1cc2ccccc2s1)c1cccs1. The number of hydrogen-bond acceptors (Lipinski definition) is 4. The van der Waals surface area contributed by atoms with Crippen molar-refractivity contribution in [2.75, 3.05) is 6.54 Å². The molecule has 0 aliphatic rings. The zero-order valence-corrected chi connectivity index (χ0v) is 13.1. The van der Waals surface area contributed by atoms with Crippen LogP contribution in [0, 0.1) is 0 Å². The minimum atomic E-state index is -1.04. The van der Waals surface area contributed by atoms with Crippen molar-refractivity contribution in [1.29, 1.82) is 0 Å². The molecule has 0 bridgehead atoms. The minimum absolute atomic E-state index is 0.145. The van der Waals surface area contributed by atoms with Crippen LogP contribution in [0.1, 0.15) is 21.5 Å². The molecule has 2 N–H and O–H groups in total. The summed E-state index contributed by atoms with van der Waals surface area (Å²) in [6.07, 6.45) is 0. The summed E-state index contributed by atoms with van der Waals surface area (Å²) in [4.78, 5) is 13.7. The van der Waals surface area contributed by atoms with Crippen LogP contribution in [0.2, 0.25) is 0 Å². The number of carbonyl (C=O) groups excluding carboxylic acids is 1. The molecule has 1 atom stereocenters. The van der Waals surface area contributed by atoms with Crippen molar-refractivity contribution in [3.05, 3.63) is 57.6 Å². The van der Waals surface area contributed by atoms with E-state index < -0.39 is 5.60 Å². The molecule has 2 aromatic heterocycles. The largest absolute Gasteiger partial charge is 0.383 e. The topological polar surface area (TPSA) is 49.3 Å². The predicted molar refractivity (Wildman–Crippen MR) is 88.0 cm³/mol. The monoisotopic (exact) mass is 317 g/mol. The van der Waals surface area contributed by atoms with Gasteiger partial charge in [-0.1, -0.05) is 24.3 Å². The second kappa shape index (κ2) is 5.60. The molecular weight excluding hydrogens is 302 g/mol. The molecule has 1 amide bonds.